The van der Waals surface area contributed by atoms with Crippen LogP contribution in [-0.2, 0) is 16.6 Å². The Morgan fingerprint density at radius 3 is 2.76 bits per heavy atom. The van der Waals surface area contributed by atoms with Gasteiger partial charge in [-0.1, -0.05) is 25.4 Å². The molecule has 0 aliphatic heterocycles. The van der Waals surface area contributed by atoms with E-state index in [9.17, 15) is 12.8 Å². The molecule has 0 spiro atoms. The van der Waals surface area contributed by atoms with Crippen molar-refractivity contribution in [3.05, 3.63) is 35.6 Å². The zero-order valence-corrected chi connectivity index (χ0v) is 13.0. The van der Waals surface area contributed by atoms with Gasteiger partial charge in [-0.3, -0.25) is 4.72 Å². The Morgan fingerprint density at radius 2 is 2.14 bits per heavy atom. The molecule has 0 saturated heterocycles. The van der Waals surface area contributed by atoms with Crippen molar-refractivity contribution in [2.24, 2.45) is 5.92 Å². The lowest BCUT2D eigenvalue weighted by Gasteiger charge is -2.07. The fourth-order valence-electron chi connectivity index (χ4n) is 1.67. The summed E-state index contributed by atoms with van der Waals surface area (Å²) in [5.74, 6) is -0.434. The van der Waals surface area contributed by atoms with Crippen LogP contribution < -0.4 is 4.72 Å². The Kier molecular flexibility index (Phi) is 4.48. The minimum Gasteiger partial charge on any atom is -0.336 e. The van der Waals surface area contributed by atoms with Crippen LogP contribution in [0.25, 0.3) is 0 Å². The maximum Gasteiger partial charge on any atom is 0.282 e. The van der Waals surface area contributed by atoms with Crippen LogP contribution in [0.5, 0.6) is 0 Å². The molecule has 2 rings (SSSR count). The number of anilines is 1. The van der Waals surface area contributed by atoms with Crippen molar-refractivity contribution in [1.82, 2.24) is 14.5 Å². The lowest BCUT2D eigenvalue weighted by molar-refractivity contribution is 0.522. The average molecular weight is 333 g/mol. The van der Waals surface area contributed by atoms with E-state index in [0.29, 0.717) is 12.5 Å². The van der Waals surface area contributed by atoms with Crippen molar-refractivity contribution in [3.8, 4) is 0 Å². The molecular weight excluding hydrogens is 319 g/mol. The molecule has 0 amide bonds. The van der Waals surface area contributed by atoms with Crippen molar-refractivity contribution in [1.29, 1.82) is 0 Å². The molecule has 6 nitrogen and oxygen atoms in total. The van der Waals surface area contributed by atoms with Crippen molar-refractivity contribution >= 4 is 27.4 Å². The first-order valence-electron chi connectivity index (χ1n) is 6.13. The highest BCUT2D eigenvalue weighted by Gasteiger charge is 2.20. The Labute approximate surface area is 127 Å². The molecule has 9 heteroatoms. The Morgan fingerprint density at radius 1 is 1.43 bits per heavy atom. The Hall–Kier alpha value is -1.67. The van der Waals surface area contributed by atoms with E-state index in [2.05, 4.69) is 14.7 Å². The standard InChI is InChI=1S/C12H14ClFN4O2S/c1-8(2)5-18-6-11(16-7-18)21(19,20)17-12-10(13)3-9(14)4-15-12/h3-4,6-8H,5H2,1-2H3,(H,15,17). The van der Waals surface area contributed by atoms with Gasteiger partial charge in [-0.15, -0.1) is 0 Å². The quantitative estimate of drug-likeness (QED) is 0.912. The van der Waals surface area contributed by atoms with Crippen LogP contribution in [0.4, 0.5) is 10.2 Å². The van der Waals surface area contributed by atoms with Crippen LogP contribution in [0, 0.1) is 11.7 Å². The van der Waals surface area contributed by atoms with Crippen LogP contribution in [0.3, 0.4) is 0 Å². The molecule has 114 valence electrons. The van der Waals surface area contributed by atoms with Gasteiger partial charge in [0.25, 0.3) is 10.0 Å². The minimum absolute atomic E-state index is 0.125. The molecule has 2 aromatic rings. The molecule has 0 unspecified atom stereocenters. The lowest BCUT2D eigenvalue weighted by atomic mass is 10.2. The van der Waals surface area contributed by atoms with Gasteiger partial charge in [-0.25, -0.2) is 14.4 Å². The number of nitrogens with one attached hydrogen (secondary N) is 1. The van der Waals surface area contributed by atoms with Gasteiger partial charge in [0, 0.05) is 12.7 Å². The average Bonchev–Trinajstić information content (AvgIpc) is 2.81. The van der Waals surface area contributed by atoms with E-state index < -0.39 is 15.8 Å². The summed E-state index contributed by atoms with van der Waals surface area (Å²) in [6.07, 6.45) is 3.73. The van der Waals surface area contributed by atoms with Gasteiger partial charge in [-0.2, -0.15) is 8.42 Å². The second kappa shape index (κ2) is 5.98. The summed E-state index contributed by atoms with van der Waals surface area (Å²) in [6.45, 7) is 4.67. The lowest BCUT2D eigenvalue weighted by Crippen LogP contribution is -2.15. The van der Waals surface area contributed by atoms with Crippen LogP contribution in [-0.4, -0.2) is 23.0 Å². The van der Waals surface area contributed by atoms with E-state index in [1.807, 2.05) is 13.8 Å². The fourth-order valence-corrected chi connectivity index (χ4v) is 2.91. The predicted molar refractivity (Wildman–Crippen MR) is 77.1 cm³/mol. The molecule has 0 saturated carbocycles. The molecule has 21 heavy (non-hydrogen) atoms. The third kappa shape index (κ3) is 3.92. The summed E-state index contributed by atoms with van der Waals surface area (Å²) in [5.41, 5.74) is 0. The number of rotatable bonds is 5. The normalized spacial score (nSPS) is 11.9. The zero-order chi connectivity index (χ0) is 15.6. The van der Waals surface area contributed by atoms with Gasteiger partial charge < -0.3 is 4.57 Å². The first-order valence-corrected chi connectivity index (χ1v) is 7.99. The van der Waals surface area contributed by atoms with E-state index >= 15 is 0 Å². The van der Waals surface area contributed by atoms with Crippen LogP contribution in [0.1, 0.15) is 13.8 Å². The summed E-state index contributed by atoms with van der Waals surface area (Å²) in [5, 5.41) is -0.273. The summed E-state index contributed by atoms with van der Waals surface area (Å²) in [6, 6.07) is 0.976. The van der Waals surface area contributed by atoms with Gasteiger partial charge in [-0.05, 0) is 12.0 Å². The highest BCUT2D eigenvalue weighted by atomic mass is 35.5. The number of nitrogens with zero attached hydrogens (tertiary/aromatic N) is 3. The first-order chi connectivity index (χ1) is 9.78. The molecular formula is C12H14ClFN4O2S. The SMILES string of the molecule is CC(C)Cn1cnc(S(=O)(=O)Nc2ncc(F)cc2Cl)c1. The van der Waals surface area contributed by atoms with Gasteiger partial charge in [0.1, 0.15) is 5.82 Å². The summed E-state index contributed by atoms with van der Waals surface area (Å²) in [7, 11) is -3.91. The smallest absolute Gasteiger partial charge is 0.282 e. The molecule has 1 N–H and O–H groups in total. The number of hydrogen-bond donors (Lipinski definition) is 1. The van der Waals surface area contributed by atoms with Crippen molar-refractivity contribution < 1.29 is 12.8 Å². The third-order valence-corrected chi connectivity index (χ3v) is 4.01. The largest absolute Gasteiger partial charge is 0.336 e. The molecule has 0 radical (unpaired) electrons. The minimum atomic E-state index is -3.91. The van der Waals surface area contributed by atoms with Gasteiger partial charge in [0.2, 0.25) is 0 Å². The van der Waals surface area contributed by atoms with E-state index in [0.717, 1.165) is 12.3 Å². The molecule has 0 aliphatic rings. The molecule has 2 heterocycles. The molecule has 0 fully saturated rings. The fraction of sp³-hybridized carbons (Fsp3) is 0.333. The summed E-state index contributed by atoms with van der Waals surface area (Å²) < 4.78 is 41.1. The predicted octanol–water partition coefficient (Wildman–Crippen LogP) is 2.53. The summed E-state index contributed by atoms with van der Waals surface area (Å²) >= 11 is 5.74. The Bertz CT molecular complexity index is 745. The first kappa shape index (κ1) is 15.7. The highest BCUT2D eigenvalue weighted by Crippen LogP contribution is 2.22. The third-order valence-electron chi connectivity index (χ3n) is 2.50. The molecule has 0 aromatic carbocycles. The summed E-state index contributed by atoms with van der Waals surface area (Å²) in [4.78, 5) is 7.46. The number of hydrogen-bond acceptors (Lipinski definition) is 4. The van der Waals surface area contributed by atoms with Crippen LogP contribution in [0.15, 0.2) is 29.8 Å². The van der Waals surface area contributed by atoms with Crippen LogP contribution >= 0.6 is 11.6 Å². The van der Waals surface area contributed by atoms with Crippen molar-refractivity contribution in [2.75, 3.05) is 4.72 Å². The van der Waals surface area contributed by atoms with Gasteiger partial charge >= 0.3 is 0 Å². The number of halogens is 2. The van der Waals surface area contributed by atoms with Crippen LogP contribution in [0.2, 0.25) is 5.02 Å². The molecule has 0 bridgehead atoms. The topological polar surface area (TPSA) is 76.9 Å². The maximum atomic E-state index is 12.9. The maximum absolute atomic E-state index is 12.9. The number of aromatic nitrogens is 3. The number of imidazole rings is 1. The molecule has 0 aliphatic carbocycles. The Balaban J connectivity index is 2.23. The van der Waals surface area contributed by atoms with Gasteiger partial charge in [0.15, 0.2) is 10.8 Å². The molecule has 2 aromatic heterocycles. The second-order valence-electron chi connectivity index (χ2n) is 4.89. The second-order valence-corrected chi connectivity index (χ2v) is 6.93. The number of sulfonamides is 1. The van der Waals surface area contributed by atoms with E-state index in [-0.39, 0.29) is 15.9 Å². The number of pyridine rings is 1. The van der Waals surface area contributed by atoms with E-state index in [4.69, 9.17) is 11.6 Å². The zero-order valence-electron chi connectivity index (χ0n) is 11.4. The van der Waals surface area contributed by atoms with Crippen molar-refractivity contribution in [3.63, 3.8) is 0 Å². The molecule has 0 atom stereocenters. The monoisotopic (exact) mass is 332 g/mol. The van der Waals surface area contributed by atoms with Crippen molar-refractivity contribution in [2.45, 2.75) is 25.4 Å². The van der Waals surface area contributed by atoms with E-state index in [1.165, 1.54) is 12.5 Å². The highest BCUT2D eigenvalue weighted by molar-refractivity contribution is 7.92. The van der Waals surface area contributed by atoms with Gasteiger partial charge in [0.05, 0.1) is 17.5 Å². The van der Waals surface area contributed by atoms with E-state index in [1.54, 1.807) is 4.57 Å².